The Bertz CT molecular complexity index is 74.3. The Balaban J connectivity index is 0.000000405. The van der Waals surface area contributed by atoms with Gasteiger partial charge in [0.2, 0.25) is 0 Å². The summed E-state index contributed by atoms with van der Waals surface area (Å²) in [5.41, 5.74) is 0. The first kappa shape index (κ1) is 6.99. The van der Waals surface area contributed by atoms with Gasteiger partial charge in [-0.15, -0.1) is 0 Å². The zero-order chi connectivity index (χ0) is 5.40. The second-order valence-corrected chi connectivity index (χ2v) is 2.84. The van der Waals surface area contributed by atoms with E-state index in [0.717, 1.165) is 11.8 Å². The summed E-state index contributed by atoms with van der Waals surface area (Å²) in [5, 5.41) is 6.77. The average Bonchev–Trinajstić information content (AvgIpc) is 2.15. The summed E-state index contributed by atoms with van der Waals surface area (Å²) in [5.74, 6) is 1.91. The van der Waals surface area contributed by atoms with Gasteiger partial charge in [0.1, 0.15) is 0 Å². The maximum absolute atomic E-state index is 3.38. The van der Waals surface area contributed by atoms with Gasteiger partial charge in [-0.1, -0.05) is 0 Å². The second kappa shape index (κ2) is 2.64. The van der Waals surface area contributed by atoms with Crippen molar-refractivity contribution < 1.29 is 0 Å². The van der Waals surface area contributed by atoms with E-state index in [1.54, 1.807) is 0 Å². The van der Waals surface area contributed by atoms with Crippen LogP contribution in [0.5, 0.6) is 0 Å². The highest BCUT2D eigenvalue weighted by Gasteiger charge is 2.30. The molecule has 2 N–H and O–H groups in total. The van der Waals surface area contributed by atoms with E-state index in [1.165, 1.54) is 26.2 Å². The minimum atomic E-state index is 0. The molecular formula is C6H12N3. The SMILES string of the molecule is C1NCC2CNCC12.[N]. The highest BCUT2D eigenvalue weighted by Crippen LogP contribution is 2.19. The third kappa shape index (κ3) is 1.08. The lowest BCUT2D eigenvalue weighted by atomic mass is 10.0. The smallest absolute Gasteiger partial charge is 0 e. The molecule has 0 spiro atoms. The van der Waals surface area contributed by atoms with Gasteiger partial charge in [0.25, 0.3) is 0 Å². The fourth-order valence-corrected chi connectivity index (χ4v) is 1.72. The zero-order valence-corrected chi connectivity index (χ0v) is 5.43. The number of hydrogen-bond acceptors (Lipinski definition) is 2. The molecule has 3 heteroatoms. The minimum absolute atomic E-state index is 0. The molecule has 0 aliphatic carbocycles. The first-order valence-electron chi connectivity index (χ1n) is 3.38. The molecule has 9 heavy (non-hydrogen) atoms. The van der Waals surface area contributed by atoms with Crippen LogP contribution in [0.3, 0.4) is 0 Å². The van der Waals surface area contributed by atoms with E-state index in [-0.39, 0.29) is 6.15 Å². The summed E-state index contributed by atoms with van der Waals surface area (Å²) in [6, 6.07) is 0. The van der Waals surface area contributed by atoms with Crippen molar-refractivity contribution in [2.75, 3.05) is 26.2 Å². The predicted molar refractivity (Wildman–Crippen MR) is 34.9 cm³/mol. The summed E-state index contributed by atoms with van der Waals surface area (Å²) >= 11 is 0. The van der Waals surface area contributed by atoms with Gasteiger partial charge in [0.15, 0.2) is 0 Å². The standard InChI is InChI=1S/C6H12N2.N/c1-5-2-8-4-6(5)3-7-1;/h5-8H,1-4H2;. The Morgan fingerprint density at radius 1 is 0.778 bits per heavy atom. The van der Waals surface area contributed by atoms with E-state index in [2.05, 4.69) is 10.6 Å². The van der Waals surface area contributed by atoms with Crippen LogP contribution in [0.25, 0.3) is 0 Å². The molecule has 2 aliphatic heterocycles. The van der Waals surface area contributed by atoms with Crippen LogP contribution in [-0.4, -0.2) is 26.2 Å². The fraction of sp³-hybridized carbons (Fsp3) is 1.00. The van der Waals surface area contributed by atoms with Gasteiger partial charge < -0.3 is 10.6 Å². The van der Waals surface area contributed by atoms with Crippen molar-refractivity contribution >= 4 is 0 Å². The number of fused-ring (bicyclic) bond motifs is 1. The van der Waals surface area contributed by atoms with Gasteiger partial charge in [-0.05, 0) is 38.0 Å². The summed E-state index contributed by atoms with van der Waals surface area (Å²) in [7, 11) is 0. The van der Waals surface area contributed by atoms with Gasteiger partial charge in [-0.2, -0.15) is 0 Å². The van der Waals surface area contributed by atoms with Crippen LogP contribution in [0.2, 0.25) is 0 Å². The molecule has 0 unspecified atom stereocenters. The Kier molecular flexibility index (Phi) is 2.05. The van der Waals surface area contributed by atoms with Crippen LogP contribution in [0.1, 0.15) is 0 Å². The van der Waals surface area contributed by atoms with Gasteiger partial charge in [0, 0.05) is 6.15 Å². The minimum Gasteiger partial charge on any atom is -0.316 e. The van der Waals surface area contributed by atoms with E-state index < -0.39 is 0 Å². The van der Waals surface area contributed by atoms with E-state index in [4.69, 9.17) is 0 Å². The van der Waals surface area contributed by atoms with E-state index in [1.807, 2.05) is 0 Å². The highest BCUT2D eigenvalue weighted by atomic mass is 15.0. The van der Waals surface area contributed by atoms with Crippen LogP contribution in [0.15, 0.2) is 0 Å². The second-order valence-electron chi connectivity index (χ2n) is 2.84. The summed E-state index contributed by atoms with van der Waals surface area (Å²) in [6.07, 6.45) is 0. The quantitative estimate of drug-likeness (QED) is 0.435. The van der Waals surface area contributed by atoms with Crippen molar-refractivity contribution in [3.05, 3.63) is 0 Å². The maximum Gasteiger partial charge on any atom is 0 e. The molecule has 0 amide bonds. The molecular weight excluding hydrogens is 114 g/mol. The van der Waals surface area contributed by atoms with Gasteiger partial charge in [0.05, 0.1) is 0 Å². The molecule has 2 heterocycles. The Morgan fingerprint density at radius 3 is 1.44 bits per heavy atom. The molecule has 0 aromatic rings. The molecule has 2 aliphatic rings. The molecule has 0 aromatic carbocycles. The van der Waals surface area contributed by atoms with Crippen LogP contribution < -0.4 is 16.8 Å². The Morgan fingerprint density at radius 2 is 1.11 bits per heavy atom. The van der Waals surface area contributed by atoms with Crippen molar-refractivity contribution in [1.29, 1.82) is 0 Å². The molecule has 2 fully saturated rings. The molecule has 0 saturated carbocycles. The summed E-state index contributed by atoms with van der Waals surface area (Å²) in [6.45, 7) is 4.99. The fourth-order valence-electron chi connectivity index (χ4n) is 1.72. The van der Waals surface area contributed by atoms with Crippen molar-refractivity contribution in [2.45, 2.75) is 0 Å². The lowest BCUT2D eigenvalue weighted by Gasteiger charge is -2.01. The largest absolute Gasteiger partial charge is 0.316 e. The molecule has 0 bridgehead atoms. The number of hydrogen-bond donors (Lipinski definition) is 2. The molecule has 3 nitrogen and oxygen atoms in total. The summed E-state index contributed by atoms with van der Waals surface area (Å²) < 4.78 is 0. The van der Waals surface area contributed by atoms with Crippen molar-refractivity contribution in [3.8, 4) is 0 Å². The topological polar surface area (TPSA) is 54.6 Å². The highest BCUT2D eigenvalue weighted by molar-refractivity contribution is 4.88. The van der Waals surface area contributed by atoms with E-state index in [9.17, 15) is 0 Å². The van der Waals surface area contributed by atoms with Crippen LogP contribution in [-0.2, 0) is 0 Å². The lowest BCUT2D eigenvalue weighted by Crippen LogP contribution is -2.19. The Labute approximate surface area is 55.8 Å². The van der Waals surface area contributed by atoms with Crippen LogP contribution in [0, 0.1) is 11.8 Å². The number of nitrogens with one attached hydrogen (secondary N) is 2. The van der Waals surface area contributed by atoms with Crippen LogP contribution in [0.4, 0.5) is 0 Å². The first-order valence-corrected chi connectivity index (χ1v) is 3.38. The third-order valence-corrected chi connectivity index (χ3v) is 2.29. The lowest BCUT2D eigenvalue weighted by molar-refractivity contribution is 0.533. The molecule has 51 valence electrons. The van der Waals surface area contributed by atoms with E-state index in [0.29, 0.717) is 0 Å². The molecule has 3 radical (unpaired) electrons. The molecule has 0 atom stereocenters. The predicted octanol–water partition coefficient (Wildman–Crippen LogP) is -1.06. The van der Waals surface area contributed by atoms with Gasteiger partial charge in [-0.3, -0.25) is 0 Å². The molecule has 2 saturated heterocycles. The average molecular weight is 126 g/mol. The van der Waals surface area contributed by atoms with Crippen LogP contribution >= 0.6 is 0 Å². The zero-order valence-electron chi connectivity index (χ0n) is 5.43. The number of nitrogens with zero attached hydrogens (tertiary/aromatic N) is 1. The monoisotopic (exact) mass is 126 g/mol. The Hall–Kier alpha value is -0.120. The van der Waals surface area contributed by atoms with Gasteiger partial charge in [-0.25, -0.2) is 0 Å². The molecule has 0 aromatic heterocycles. The van der Waals surface area contributed by atoms with Crippen molar-refractivity contribution in [2.24, 2.45) is 11.8 Å². The summed E-state index contributed by atoms with van der Waals surface area (Å²) in [4.78, 5) is 0. The molecule has 2 rings (SSSR count). The maximum atomic E-state index is 3.38. The normalized spacial score (nSPS) is 40.0. The van der Waals surface area contributed by atoms with Gasteiger partial charge >= 0.3 is 0 Å². The first-order chi connectivity index (χ1) is 3.97. The van der Waals surface area contributed by atoms with Crippen molar-refractivity contribution in [1.82, 2.24) is 16.8 Å². The third-order valence-electron chi connectivity index (χ3n) is 2.29. The van der Waals surface area contributed by atoms with E-state index >= 15 is 0 Å². The number of rotatable bonds is 0. The van der Waals surface area contributed by atoms with Crippen molar-refractivity contribution in [3.63, 3.8) is 0 Å².